The molecule has 0 atom stereocenters. The maximum Gasteiger partial charge on any atom is 0.313 e. The van der Waals surface area contributed by atoms with E-state index in [0.29, 0.717) is 22.8 Å². The summed E-state index contributed by atoms with van der Waals surface area (Å²) in [5.74, 6) is 0.0469. The molecule has 0 saturated heterocycles. The van der Waals surface area contributed by atoms with Crippen molar-refractivity contribution < 1.29 is 9.21 Å². The van der Waals surface area contributed by atoms with E-state index in [1.807, 2.05) is 28.7 Å². The molecule has 10 heteroatoms. The monoisotopic (exact) mass is 436 g/mol. The highest BCUT2D eigenvalue weighted by Crippen LogP contribution is 2.25. The summed E-state index contributed by atoms with van der Waals surface area (Å²) in [6, 6.07) is 16.3. The van der Waals surface area contributed by atoms with Crippen LogP contribution in [-0.4, -0.2) is 37.5 Å². The summed E-state index contributed by atoms with van der Waals surface area (Å²) in [7, 11) is 1.66. The lowest BCUT2D eigenvalue weighted by atomic mass is 10.1. The Bertz CT molecular complexity index is 1510. The second-order valence-electron chi connectivity index (χ2n) is 7.19. The third kappa shape index (κ3) is 3.64. The van der Waals surface area contributed by atoms with E-state index in [1.54, 1.807) is 49.9 Å². The van der Waals surface area contributed by atoms with Gasteiger partial charge in [-0.3, -0.25) is 9.20 Å². The molecule has 2 N–H and O–H groups in total. The number of nitrogens with zero attached hydrogens (tertiary/aromatic N) is 7. The number of nitrogen functional groups attached to an aromatic ring is 1. The van der Waals surface area contributed by atoms with Gasteiger partial charge in [-0.1, -0.05) is 17.2 Å². The molecular formula is C23H16N8O2. The van der Waals surface area contributed by atoms with Crippen molar-refractivity contribution in [1.29, 1.82) is 5.26 Å². The van der Waals surface area contributed by atoms with E-state index in [4.69, 9.17) is 15.4 Å². The second-order valence-corrected chi connectivity index (χ2v) is 7.19. The summed E-state index contributed by atoms with van der Waals surface area (Å²) in [6.07, 6.45) is 4.93. The van der Waals surface area contributed by atoms with Crippen molar-refractivity contribution in [3.8, 4) is 28.8 Å². The summed E-state index contributed by atoms with van der Waals surface area (Å²) in [5.41, 5.74) is 9.94. The van der Waals surface area contributed by atoms with Gasteiger partial charge in [-0.15, -0.1) is 5.10 Å². The van der Waals surface area contributed by atoms with Gasteiger partial charge in [0.15, 0.2) is 5.65 Å². The number of amides is 1. The van der Waals surface area contributed by atoms with E-state index in [0.717, 1.165) is 16.8 Å². The Morgan fingerprint density at radius 1 is 1.03 bits per heavy atom. The van der Waals surface area contributed by atoms with Gasteiger partial charge < -0.3 is 15.1 Å². The maximum atomic E-state index is 13.0. The average molecular weight is 436 g/mol. The van der Waals surface area contributed by atoms with Crippen molar-refractivity contribution >= 4 is 23.3 Å². The van der Waals surface area contributed by atoms with Crippen LogP contribution in [0.5, 0.6) is 0 Å². The molecule has 3 heterocycles. The zero-order valence-corrected chi connectivity index (χ0v) is 17.4. The molecule has 5 aromatic rings. The predicted molar refractivity (Wildman–Crippen MR) is 120 cm³/mol. The van der Waals surface area contributed by atoms with Crippen LogP contribution < -0.4 is 10.6 Å². The normalized spacial score (nSPS) is 10.8. The summed E-state index contributed by atoms with van der Waals surface area (Å²) in [5, 5.41) is 16.5. The Balaban J connectivity index is 1.46. The van der Waals surface area contributed by atoms with E-state index in [9.17, 15) is 4.79 Å². The van der Waals surface area contributed by atoms with Gasteiger partial charge in [0.2, 0.25) is 5.89 Å². The molecule has 0 unspecified atom stereocenters. The molecule has 0 bridgehead atoms. The third-order valence-electron chi connectivity index (χ3n) is 5.17. The average Bonchev–Trinajstić information content (AvgIpc) is 3.49. The Labute approximate surface area is 187 Å². The second kappa shape index (κ2) is 7.90. The number of fused-ring (bicyclic) bond motifs is 1. The largest absolute Gasteiger partial charge is 0.404 e. The molecule has 0 saturated carbocycles. The molecule has 0 aliphatic rings. The molecule has 2 aromatic carbocycles. The Morgan fingerprint density at radius 3 is 2.42 bits per heavy atom. The lowest BCUT2D eigenvalue weighted by molar-refractivity contribution is 0.0988. The van der Waals surface area contributed by atoms with Gasteiger partial charge in [0, 0.05) is 30.1 Å². The molecule has 0 aliphatic carbocycles. The van der Waals surface area contributed by atoms with E-state index < -0.39 is 0 Å². The SMILES string of the molecule is CN(C(=O)c1cn2c(-c3ccc(-c4nnc(N)o4)cc3)cnc2cn1)c1ccc(C#N)cc1. The molecule has 160 valence electrons. The van der Waals surface area contributed by atoms with Gasteiger partial charge >= 0.3 is 6.01 Å². The molecule has 5 rings (SSSR count). The van der Waals surface area contributed by atoms with E-state index in [1.165, 1.54) is 4.90 Å². The van der Waals surface area contributed by atoms with Crippen molar-refractivity contribution in [1.82, 2.24) is 24.6 Å². The molecule has 1 amide bonds. The van der Waals surface area contributed by atoms with Crippen molar-refractivity contribution in [2.75, 3.05) is 17.7 Å². The molecule has 3 aromatic heterocycles. The fourth-order valence-corrected chi connectivity index (χ4v) is 3.40. The third-order valence-corrected chi connectivity index (χ3v) is 5.17. The molecular weight excluding hydrogens is 420 g/mol. The van der Waals surface area contributed by atoms with Crippen LogP contribution >= 0.6 is 0 Å². The standard InChI is InChI=1S/C23H16N8O2/c1-30(17-8-2-14(10-24)3-9-17)22(32)18-13-31-19(11-27-20(31)12-26-18)15-4-6-16(7-5-15)21-28-29-23(25)33-21/h2-9,11-13H,1H3,(H2,25,29). The maximum absolute atomic E-state index is 13.0. The minimum atomic E-state index is -0.286. The highest BCUT2D eigenvalue weighted by atomic mass is 16.4. The van der Waals surface area contributed by atoms with Crippen LogP contribution in [0.15, 0.2) is 71.5 Å². The van der Waals surface area contributed by atoms with Crippen LogP contribution in [-0.2, 0) is 0 Å². The smallest absolute Gasteiger partial charge is 0.313 e. The van der Waals surface area contributed by atoms with Crippen molar-refractivity contribution in [2.24, 2.45) is 0 Å². The minimum Gasteiger partial charge on any atom is -0.404 e. The first-order chi connectivity index (χ1) is 16.0. The van der Waals surface area contributed by atoms with Gasteiger partial charge in [0.25, 0.3) is 5.91 Å². The summed E-state index contributed by atoms with van der Waals surface area (Å²) in [6.45, 7) is 0. The first kappa shape index (κ1) is 19.9. The van der Waals surface area contributed by atoms with Gasteiger partial charge in [-0.05, 0) is 36.4 Å². The van der Waals surface area contributed by atoms with E-state index in [-0.39, 0.29) is 17.6 Å². The number of hydrogen-bond acceptors (Lipinski definition) is 8. The fourth-order valence-electron chi connectivity index (χ4n) is 3.40. The highest BCUT2D eigenvalue weighted by molar-refractivity contribution is 6.04. The van der Waals surface area contributed by atoms with Gasteiger partial charge in [-0.25, -0.2) is 9.97 Å². The lowest BCUT2D eigenvalue weighted by Gasteiger charge is -2.17. The highest BCUT2D eigenvalue weighted by Gasteiger charge is 2.17. The predicted octanol–water partition coefficient (Wildman–Crippen LogP) is 3.18. The van der Waals surface area contributed by atoms with E-state index in [2.05, 4.69) is 26.2 Å². The first-order valence-electron chi connectivity index (χ1n) is 9.84. The molecule has 0 aliphatic heterocycles. The zero-order valence-electron chi connectivity index (χ0n) is 17.4. The topological polar surface area (TPSA) is 139 Å². The number of anilines is 2. The van der Waals surface area contributed by atoms with Crippen LogP contribution in [0.2, 0.25) is 0 Å². The molecule has 10 nitrogen and oxygen atoms in total. The number of nitrogens with two attached hydrogens (primary N) is 1. The summed E-state index contributed by atoms with van der Waals surface area (Å²) in [4.78, 5) is 23.2. The van der Waals surface area contributed by atoms with Crippen molar-refractivity contribution in [3.63, 3.8) is 0 Å². The van der Waals surface area contributed by atoms with Gasteiger partial charge in [-0.2, -0.15) is 5.26 Å². The Morgan fingerprint density at radius 2 is 1.76 bits per heavy atom. The number of carbonyl (C=O) groups is 1. The molecule has 0 radical (unpaired) electrons. The minimum absolute atomic E-state index is 0.00605. The van der Waals surface area contributed by atoms with Crippen LogP contribution in [0.1, 0.15) is 16.1 Å². The quantitative estimate of drug-likeness (QED) is 0.453. The van der Waals surface area contributed by atoms with Crippen LogP contribution in [0.4, 0.5) is 11.7 Å². The van der Waals surface area contributed by atoms with Gasteiger partial charge in [0.05, 0.1) is 29.7 Å². The first-order valence-corrected chi connectivity index (χ1v) is 9.84. The van der Waals surface area contributed by atoms with Crippen molar-refractivity contribution in [3.05, 3.63) is 78.4 Å². The Hall–Kier alpha value is -5.04. The van der Waals surface area contributed by atoms with Crippen LogP contribution in [0, 0.1) is 11.3 Å². The number of hydrogen-bond donors (Lipinski definition) is 1. The van der Waals surface area contributed by atoms with Gasteiger partial charge in [0.1, 0.15) is 5.69 Å². The van der Waals surface area contributed by atoms with Crippen LogP contribution in [0.25, 0.3) is 28.4 Å². The molecule has 0 fully saturated rings. The lowest BCUT2D eigenvalue weighted by Crippen LogP contribution is -2.27. The number of rotatable bonds is 4. The number of aromatic nitrogens is 5. The number of benzene rings is 2. The summed E-state index contributed by atoms with van der Waals surface area (Å²) >= 11 is 0. The number of imidazole rings is 1. The molecule has 0 spiro atoms. The van der Waals surface area contributed by atoms with E-state index >= 15 is 0 Å². The molecule has 33 heavy (non-hydrogen) atoms. The Kier molecular flexibility index (Phi) is 4.76. The summed E-state index contributed by atoms with van der Waals surface area (Å²) < 4.78 is 7.07. The van der Waals surface area contributed by atoms with Crippen molar-refractivity contribution in [2.45, 2.75) is 0 Å². The number of nitriles is 1. The fraction of sp³-hybridized carbons (Fsp3) is 0.0435. The zero-order chi connectivity index (χ0) is 22.9. The number of carbonyl (C=O) groups excluding carboxylic acids is 1. The van der Waals surface area contributed by atoms with Crippen LogP contribution in [0.3, 0.4) is 0 Å².